The number of aromatic nitrogens is 2. The summed E-state index contributed by atoms with van der Waals surface area (Å²) in [6, 6.07) is 10.2. The molecule has 31 heavy (non-hydrogen) atoms. The first-order valence-corrected chi connectivity index (χ1v) is 10.7. The average Bonchev–Trinajstić information content (AvgIpc) is 2.79. The average molecular weight is 439 g/mol. The summed E-state index contributed by atoms with van der Waals surface area (Å²) >= 11 is 6.46. The van der Waals surface area contributed by atoms with Gasteiger partial charge in [-0.05, 0) is 36.4 Å². The van der Waals surface area contributed by atoms with E-state index in [0.717, 1.165) is 41.2 Å². The molecule has 1 aromatic carbocycles. The molecule has 1 fully saturated rings. The van der Waals surface area contributed by atoms with Crippen LogP contribution in [0.1, 0.15) is 13.8 Å². The summed E-state index contributed by atoms with van der Waals surface area (Å²) in [4.78, 5) is 25.3. The van der Waals surface area contributed by atoms with Crippen molar-refractivity contribution in [2.45, 2.75) is 13.8 Å². The highest BCUT2D eigenvalue weighted by molar-refractivity contribution is 6.33. The molecule has 0 atom stereocenters. The maximum absolute atomic E-state index is 13.5. The minimum atomic E-state index is -0.294. The van der Waals surface area contributed by atoms with Crippen molar-refractivity contribution in [2.24, 2.45) is 5.92 Å². The summed E-state index contributed by atoms with van der Waals surface area (Å²) in [7, 11) is 0. The van der Waals surface area contributed by atoms with Crippen molar-refractivity contribution in [3.8, 4) is 22.4 Å². The van der Waals surface area contributed by atoms with Crippen molar-refractivity contribution in [1.29, 1.82) is 0 Å². The summed E-state index contributed by atoms with van der Waals surface area (Å²) in [5.74, 6) is -0.102. The Labute approximate surface area is 186 Å². The lowest BCUT2D eigenvalue weighted by Gasteiger charge is -2.37. The van der Waals surface area contributed by atoms with Gasteiger partial charge in [-0.1, -0.05) is 25.4 Å². The number of hydrogen-bond acceptors (Lipinski definition) is 4. The van der Waals surface area contributed by atoms with Gasteiger partial charge in [0, 0.05) is 61.2 Å². The Kier molecular flexibility index (Phi) is 6.18. The van der Waals surface area contributed by atoms with E-state index in [1.54, 1.807) is 24.5 Å². The molecule has 1 aliphatic rings. The van der Waals surface area contributed by atoms with Crippen LogP contribution in [-0.4, -0.2) is 47.0 Å². The topological polar surface area (TPSA) is 49.3 Å². The number of amides is 1. The second-order valence-corrected chi connectivity index (χ2v) is 8.33. The largest absolute Gasteiger partial charge is 0.367 e. The summed E-state index contributed by atoms with van der Waals surface area (Å²) in [6.45, 7) is 6.69. The molecular weight excluding hydrogens is 415 g/mol. The zero-order chi connectivity index (χ0) is 22.0. The van der Waals surface area contributed by atoms with Crippen molar-refractivity contribution < 1.29 is 9.18 Å². The van der Waals surface area contributed by atoms with Crippen LogP contribution in [0.5, 0.6) is 0 Å². The summed E-state index contributed by atoms with van der Waals surface area (Å²) in [6.07, 6.45) is 5.13. The monoisotopic (exact) mass is 438 g/mol. The molecule has 1 aliphatic heterocycles. The highest BCUT2D eigenvalue weighted by Crippen LogP contribution is 2.36. The molecule has 0 N–H and O–H groups in total. The van der Waals surface area contributed by atoms with Crippen LogP contribution in [0, 0.1) is 11.7 Å². The number of anilines is 1. The van der Waals surface area contributed by atoms with Gasteiger partial charge in [-0.25, -0.2) is 4.39 Å². The van der Waals surface area contributed by atoms with Gasteiger partial charge in [-0.3, -0.25) is 14.8 Å². The summed E-state index contributed by atoms with van der Waals surface area (Å²) < 4.78 is 13.5. The number of carbonyl (C=O) groups excluding carboxylic acids is 1. The molecule has 0 aliphatic carbocycles. The van der Waals surface area contributed by atoms with Crippen molar-refractivity contribution in [2.75, 3.05) is 31.1 Å². The van der Waals surface area contributed by atoms with Crippen LogP contribution in [0.4, 0.5) is 10.1 Å². The Morgan fingerprint density at radius 3 is 2.39 bits per heavy atom. The van der Waals surface area contributed by atoms with E-state index in [2.05, 4.69) is 16.0 Å². The predicted octanol–water partition coefficient (Wildman–Crippen LogP) is 4.91. The Hall–Kier alpha value is -2.99. The van der Waals surface area contributed by atoms with E-state index >= 15 is 0 Å². The fraction of sp³-hybridized carbons (Fsp3) is 0.292. The second-order valence-electron chi connectivity index (χ2n) is 7.92. The number of nitrogens with zero attached hydrogens (tertiary/aromatic N) is 4. The van der Waals surface area contributed by atoms with Gasteiger partial charge in [-0.15, -0.1) is 0 Å². The highest BCUT2D eigenvalue weighted by atomic mass is 35.5. The van der Waals surface area contributed by atoms with E-state index in [0.29, 0.717) is 18.1 Å². The van der Waals surface area contributed by atoms with Gasteiger partial charge < -0.3 is 9.80 Å². The molecular formula is C24H24ClFN4O. The molecule has 0 bridgehead atoms. The molecule has 0 saturated carbocycles. The van der Waals surface area contributed by atoms with Crippen molar-refractivity contribution in [3.05, 3.63) is 65.8 Å². The van der Waals surface area contributed by atoms with Crippen LogP contribution in [-0.2, 0) is 4.79 Å². The van der Waals surface area contributed by atoms with E-state index in [1.807, 2.05) is 31.0 Å². The summed E-state index contributed by atoms with van der Waals surface area (Å²) in [5, 5.41) is 0.525. The van der Waals surface area contributed by atoms with Crippen LogP contribution in [0.2, 0.25) is 5.02 Å². The standard InChI is InChI=1S/C24H24ClFN4O/c1-16(2)24(31)30-11-9-29(10-12-30)19-13-21(20-7-8-27-15-22(20)25)23(28-14-19)17-3-5-18(26)6-4-17/h3-8,13-16H,9-12H2,1-2H3. The normalized spacial score (nSPS) is 14.2. The van der Waals surface area contributed by atoms with Gasteiger partial charge in [0.15, 0.2) is 0 Å². The van der Waals surface area contributed by atoms with Gasteiger partial charge in [0.1, 0.15) is 5.82 Å². The van der Waals surface area contributed by atoms with Gasteiger partial charge in [0.2, 0.25) is 5.91 Å². The number of piperazine rings is 1. The first-order chi connectivity index (χ1) is 14.9. The molecule has 0 spiro atoms. The quantitative estimate of drug-likeness (QED) is 0.580. The van der Waals surface area contributed by atoms with Crippen molar-refractivity contribution in [1.82, 2.24) is 14.9 Å². The molecule has 7 heteroatoms. The number of pyridine rings is 2. The van der Waals surface area contributed by atoms with Crippen LogP contribution < -0.4 is 4.90 Å². The van der Waals surface area contributed by atoms with E-state index in [-0.39, 0.29) is 17.6 Å². The molecule has 2 aromatic heterocycles. The third-order valence-electron chi connectivity index (χ3n) is 5.50. The lowest BCUT2D eigenvalue weighted by atomic mass is 9.99. The fourth-order valence-corrected chi connectivity index (χ4v) is 4.03. The number of benzene rings is 1. The maximum Gasteiger partial charge on any atom is 0.225 e. The Morgan fingerprint density at radius 1 is 1.03 bits per heavy atom. The number of carbonyl (C=O) groups is 1. The number of rotatable bonds is 4. The SMILES string of the molecule is CC(C)C(=O)N1CCN(c2cnc(-c3ccc(F)cc3)c(-c3ccncc3Cl)c2)CC1. The van der Waals surface area contributed by atoms with Gasteiger partial charge in [0.05, 0.1) is 22.6 Å². The third-order valence-corrected chi connectivity index (χ3v) is 5.81. The highest BCUT2D eigenvalue weighted by Gasteiger charge is 2.24. The fourth-order valence-electron chi connectivity index (χ4n) is 3.81. The van der Waals surface area contributed by atoms with E-state index < -0.39 is 0 Å². The summed E-state index contributed by atoms with van der Waals surface area (Å²) in [5.41, 5.74) is 4.18. The van der Waals surface area contributed by atoms with E-state index in [1.165, 1.54) is 12.1 Å². The lowest BCUT2D eigenvalue weighted by Crippen LogP contribution is -2.49. The van der Waals surface area contributed by atoms with Crippen LogP contribution in [0.15, 0.2) is 55.0 Å². The van der Waals surface area contributed by atoms with Gasteiger partial charge >= 0.3 is 0 Å². The molecule has 4 rings (SSSR count). The Morgan fingerprint density at radius 2 is 1.74 bits per heavy atom. The Balaban J connectivity index is 1.69. The number of halogens is 2. The van der Waals surface area contributed by atoms with Gasteiger partial charge in [-0.2, -0.15) is 0 Å². The van der Waals surface area contributed by atoms with E-state index in [9.17, 15) is 9.18 Å². The molecule has 160 valence electrons. The van der Waals surface area contributed by atoms with Crippen LogP contribution in [0.3, 0.4) is 0 Å². The predicted molar refractivity (Wildman–Crippen MR) is 122 cm³/mol. The van der Waals surface area contributed by atoms with Crippen LogP contribution in [0.25, 0.3) is 22.4 Å². The molecule has 0 radical (unpaired) electrons. The van der Waals surface area contributed by atoms with Crippen molar-refractivity contribution in [3.63, 3.8) is 0 Å². The van der Waals surface area contributed by atoms with Crippen LogP contribution >= 0.6 is 11.6 Å². The molecule has 5 nitrogen and oxygen atoms in total. The minimum Gasteiger partial charge on any atom is -0.367 e. The van der Waals surface area contributed by atoms with E-state index in [4.69, 9.17) is 16.6 Å². The molecule has 3 aromatic rings. The maximum atomic E-state index is 13.5. The zero-order valence-electron chi connectivity index (χ0n) is 17.6. The van der Waals surface area contributed by atoms with Crippen molar-refractivity contribution >= 4 is 23.2 Å². The third kappa shape index (κ3) is 4.54. The Bertz CT molecular complexity index is 1080. The van der Waals surface area contributed by atoms with Gasteiger partial charge in [0.25, 0.3) is 0 Å². The first-order valence-electron chi connectivity index (χ1n) is 10.3. The lowest BCUT2D eigenvalue weighted by molar-refractivity contribution is -0.134. The molecule has 0 unspecified atom stereocenters. The smallest absolute Gasteiger partial charge is 0.225 e. The first kappa shape index (κ1) is 21.2. The molecule has 3 heterocycles. The zero-order valence-corrected chi connectivity index (χ0v) is 18.3. The number of hydrogen-bond donors (Lipinski definition) is 0. The second kappa shape index (κ2) is 9.02. The minimum absolute atomic E-state index is 0.00337. The molecule has 1 amide bonds. The molecule has 1 saturated heterocycles.